The highest BCUT2D eigenvalue weighted by Crippen LogP contribution is 2.29. The van der Waals surface area contributed by atoms with E-state index in [0.717, 1.165) is 0 Å². The number of carbonyl (C=O) groups is 2. The van der Waals surface area contributed by atoms with Gasteiger partial charge in [0.1, 0.15) is 24.4 Å². The number of hydrogen-bond acceptors (Lipinski definition) is 6. The number of aliphatic carboxylic acids is 1. The molecule has 1 N–H and O–H groups in total. The van der Waals surface area contributed by atoms with Gasteiger partial charge >= 0.3 is 11.9 Å². The van der Waals surface area contributed by atoms with Gasteiger partial charge in [0, 0.05) is 0 Å². The maximum Gasteiger partial charge on any atom is 0.322 e. The van der Waals surface area contributed by atoms with Gasteiger partial charge in [-0.3, -0.25) is 9.59 Å². The van der Waals surface area contributed by atoms with Crippen molar-refractivity contribution in [3.63, 3.8) is 0 Å². The highest BCUT2D eigenvalue weighted by atomic mass is 16.5. The Hall–Kier alpha value is -2.90. The van der Waals surface area contributed by atoms with Gasteiger partial charge in [-0.15, -0.1) is 0 Å². The van der Waals surface area contributed by atoms with Crippen molar-refractivity contribution in [3.8, 4) is 5.75 Å². The van der Waals surface area contributed by atoms with Crippen LogP contribution in [0.2, 0.25) is 0 Å². The molecule has 2 rings (SSSR count). The van der Waals surface area contributed by atoms with Crippen LogP contribution in [-0.4, -0.2) is 45.5 Å². The van der Waals surface area contributed by atoms with Crippen molar-refractivity contribution in [1.82, 2.24) is 14.8 Å². The minimum absolute atomic E-state index is 0.0926. The average molecular weight is 319 g/mol. The van der Waals surface area contributed by atoms with Crippen LogP contribution >= 0.6 is 0 Å². The molecule has 0 aliphatic heterocycles. The van der Waals surface area contributed by atoms with Crippen LogP contribution in [0, 0.1) is 5.92 Å². The first kappa shape index (κ1) is 16.5. The summed E-state index contributed by atoms with van der Waals surface area (Å²) in [6.07, 6.45) is 2.64. The van der Waals surface area contributed by atoms with E-state index < -0.39 is 23.9 Å². The first-order chi connectivity index (χ1) is 11.1. The molecule has 23 heavy (non-hydrogen) atoms. The van der Waals surface area contributed by atoms with E-state index in [2.05, 4.69) is 10.1 Å². The number of aromatic nitrogens is 3. The summed E-state index contributed by atoms with van der Waals surface area (Å²) in [7, 11) is 1.53. The van der Waals surface area contributed by atoms with E-state index in [0.29, 0.717) is 11.3 Å². The Morgan fingerprint density at radius 1 is 1.30 bits per heavy atom. The van der Waals surface area contributed by atoms with Crippen LogP contribution < -0.4 is 4.74 Å². The smallest absolute Gasteiger partial charge is 0.322 e. The molecule has 1 heterocycles. The lowest BCUT2D eigenvalue weighted by Gasteiger charge is -2.23. The Bertz CT molecular complexity index is 654. The van der Waals surface area contributed by atoms with Crippen molar-refractivity contribution in [2.45, 2.75) is 13.0 Å². The van der Waals surface area contributed by atoms with Crippen LogP contribution in [-0.2, 0) is 14.3 Å². The second kappa shape index (κ2) is 7.39. The molecular formula is C15H17N3O5. The highest BCUT2D eigenvalue weighted by Gasteiger charge is 2.39. The topological polar surface area (TPSA) is 104 Å². The summed E-state index contributed by atoms with van der Waals surface area (Å²) in [5, 5.41) is 13.5. The summed E-state index contributed by atoms with van der Waals surface area (Å²) in [6.45, 7) is 1.71. The van der Waals surface area contributed by atoms with Crippen molar-refractivity contribution in [1.29, 1.82) is 0 Å². The van der Waals surface area contributed by atoms with Gasteiger partial charge < -0.3 is 14.6 Å². The standard InChI is InChI=1S/C15H17N3O5/c1-3-23-15(21)12(14(19)20)13(18-9-16-8-17-18)10-4-6-11(22-2)7-5-10/h4-9,12-13H,3H2,1-2H3,(H,19,20). The molecule has 0 saturated heterocycles. The zero-order valence-corrected chi connectivity index (χ0v) is 12.7. The summed E-state index contributed by atoms with van der Waals surface area (Å²) in [4.78, 5) is 27.6. The monoisotopic (exact) mass is 319 g/mol. The number of carbonyl (C=O) groups excluding carboxylic acids is 1. The summed E-state index contributed by atoms with van der Waals surface area (Å²) in [6, 6.07) is 5.85. The summed E-state index contributed by atoms with van der Waals surface area (Å²) < 4.78 is 11.3. The largest absolute Gasteiger partial charge is 0.497 e. The van der Waals surface area contributed by atoms with Crippen molar-refractivity contribution >= 4 is 11.9 Å². The summed E-state index contributed by atoms with van der Waals surface area (Å²) in [5.41, 5.74) is 0.580. The van der Waals surface area contributed by atoms with Gasteiger partial charge in [0.05, 0.1) is 13.7 Å². The Labute approximate surface area is 132 Å². The minimum Gasteiger partial charge on any atom is -0.497 e. The number of rotatable bonds is 7. The van der Waals surface area contributed by atoms with Crippen LogP contribution in [0.15, 0.2) is 36.9 Å². The zero-order valence-electron chi connectivity index (χ0n) is 12.7. The number of hydrogen-bond donors (Lipinski definition) is 1. The lowest BCUT2D eigenvalue weighted by Crippen LogP contribution is -2.35. The van der Waals surface area contributed by atoms with Crippen molar-refractivity contribution in [2.24, 2.45) is 5.92 Å². The molecule has 0 bridgehead atoms. The zero-order chi connectivity index (χ0) is 16.8. The minimum atomic E-state index is -1.44. The van der Waals surface area contributed by atoms with E-state index in [1.54, 1.807) is 31.2 Å². The molecule has 1 aromatic heterocycles. The van der Waals surface area contributed by atoms with Crippen LogP contribution in [0.4, 0.5) is 0 Å². The summed E-state index contributed by atoms with van der Waals surface area (Å²) in [5.74, 6) is -2.93. The molecule has 0 amide bonds. The van der Waals surface area contributed by atoms with Gasteiger partial charge in [-0.1, -0.05) is 12.1 Å². The fourth-order valence-electron chi connectivity index (χ4n) is 2.26. The van der Waals surface area contributed by atoms with Gasteiger partial charge in [0.25, 0.3) is 0 Å². The molecule has 1 aromatic carbocycles. The van der Waals surface area contributed by atoms with Gasteiger partial charge in [-0.05, 0) is 24.6 Å². The fourth-order valence-corrected chi connectivity index (χ4v) is 2.26. The van der Waals surface area contributed by atoms with E-state index >= 15 is 0 Å². The molecule has 0 fully saturated rings. The van der Waals surface area contributed by atoms with Crippen LogP contribution in [0.3, 0.4) is 0 Å². The van der Waals surface area contributed by atoms with Crippen molar-refractivity contribution in [2.75, 3.05) is 13.7 Å². The second-order valence-electron chi connectivity index (χ2n) is 4.66. The molecule has 0 aliphatic rings. The molecule has 2 unspecified atom stereocenters. The molecule has 122 valence electrons. The molecule has 8 nitrogen and oxygen atoms in total. The maximum absolute atomic E-state index is 12.1. The molecule has 0 saturated carbocycles. The van der Waals surface area contributed by atoms with Crippen LogP contribution in [0.25, 0.3) is 0 Å². The molecule has 2 atom stereocenters. The van der Waals surface area contributed by atoms with E-state index in [9.17, 15) is 14.7 Å². The molecular weight excluding hydrogens is 302 g/mol. The number of carboxylic acids is 1. The average Bonchev–Trinajstić information content (AvgIpc) is 3.06. The number of methoxy groups -OCH3 is 1. The molecule has 0 spiro atoms. The fraction of sp³-hybridized carbons (Fsp3) is 0.333. The normalized spacial score (nSPS) is 13.1. The third kappa shape index (κ3) is 3.65. The first-order valence-electron chi connectivity index (χ1n) is 6.96. The van der Waals surface area contributed by atoms with Gasteiger partial charge in [-0.25, -0.2) is 9.67 Å². The van der Waals surface area contributed by atoms with E-state index in [4.69, 9.17) is 9.47 Å². The van der Waals surface area contributed by atoms with Crippen molar-refractivity contribution < 1.29 is 24.2 Å². The lowest BCUT2D eigenvalue weighted by molar-refractivity contribution is -0.160. The SMILES string of the molecule is CCOC(=O)C(C(=O)O)C(c1ccc(OC)cc1)n1cncn1. The number of benzene rings is 1. The molecule has 0 radical (unpaired) electrons. The van der Waals surface area contributed by atoms with E-state index in [1.807, 2.05) is 0 Å². The van der Waals surface area contributed by atoms with Crippen LogP contribution in [0.1, 0.15) is 18.5 Å². The molecule has 8 heteroatoms. The summed E-state index contributed by atoms with van der Waals surface area (Å²) >= 11 is 0. The Morgan fingerprint density at radius 2 is 2.00 bits per heavy atom. The van der Waals surface area contributed by atoms with Gasteiger partial charge in [-0.2, -0.15) is 5.10 Å². The Morgan fingerprint density at radius 3 is 2.48 bits per heavy atom. The Kier molecular flexibility index (Phi) is 5.29. The number of esters is 1. The van der Waals surface area contributed by atoms with Crippen molar-refractivity contribution in [3.05, 3.63) is 42.5 Å². The predicted octanol–water partition coefficient (Wildman–Crippen LogP) is 1.14. The third-order valence-corrected chi connectivity index (χ3v) is 3.30. The number of nitrogens with zero attached hydrogens (tertiary/aromatic N) is 3. The van der Waals surface area contributed by atoms with Gasteiger partial charge in [0.15, 0.2) is 5.92 Å². The number of carboxylic acid groups (broad SMARTS) is 1. The number of ether oxygens (including phenoxy) is 2. The highest BCUT2D eigenvalue weighted by molar-refractivity contribution is 5.95. The van der Waals surface area contributed by atoms with E-state index in [1.165, 1.54) is 24.4 Å². The maximum atomic E-state index is 12.1. The van der Waals surface area contributed by atoms with Gasteiger partial charge in [0.2, 0.25) is 0 Å². The first-order valence-corrected chi connectivity index (χ1v) is 6.96. The lowest BCUT2D eigenvalue weighted by atomic mass is 9.93. The molecule has 0 aliphatic carbocycles. The third-order valence-electron chi connectivity index (χ3n) is 3.30. The van der Waals surface area contributed by atoms with E-state index in [-0.39, 0.29) is 6.61 Å². The predicted molar refractivity (Wildman–Crippen MR) is 78.9 cm³/mol. The van der Waals surface area contributed by atoms with Crippen LogP contribution in [0.5, 0.6) is 5.75 Å². The quantitative estimate of drug-likeness (QED) is 0.603. The molecule has 2 aromatic rings. The Balaban J connectivity index is 2.47. The second-order valence-corrected chi connectivity index (χ2v) is 4.66.